The number of carboxylic acid groups (broad SMARTS) is 1. The number of benzene rings is 4. The molecule has 4 heteroatoms. The first-order valence-corrected chi connectivity index (χ1v) is 9.96. The quantitative estimate of drug-likeness (QED) is 0.446. The molecule has 0 fully saturated rings. The SMILES string of the molecule is CC(=O)N[C@H](C(=O)O)C(C)c1ccc(-c2c3ccccc3cc3ccccc23)cc1. The van der Waals surface area contributed by atoms with Crippen molar-refractivity contribution in [2.24, 2.45) is 0 Å². The second-order valence-corrected chi connectivity index (χ2v) is 7.62. The third kappa shape index (κ3) is 3.64. The molecule has 1 amide bonds. The highest BCUT2D eigenvalue weighted by Gasteiger charge is 2.26. The van der Waals surface area contributed by atoms with Gasteiger partial charge in [0.25, 0.3) is 0 Å². The number of carbonyl (C=O) groups is 2. The van der Waals surface area contributed by atoms with Crippen LogP contribution in [0.1, 0.15) is 25.3 Å². The molecule has 0 bridgehead atoms. The van der Waals surface area contributed by atoms with Crippen LogP contribution in [0.15, 0.2) is 78.9 Å². The van der Waals surface area contributed by atoms with Crippen LogP contribution in [-0.4, -0.2) is 23.0 Å². The Balaban J connectivity index is 1.80. The lowest BCUT2D eigenvalue weighted by Crippen LogP contribution is -2.43. The van der Waals surface area contributed by atoms with Gasteiger partial charge in [0.2, 0.25) is 5.91 Å². The molecule has 30 heavy (non-hydrogen) atoms. The van der Waals surface area contributed by atoms with Gasteiger partial charge >= 0.3 is 5.97 Å². The smallest absolute Gasteiger partial charge is 0.326 e. The van der Waals surface area contributed by atoms with Crippen molar-refractivity contribution in [1.29, 1.82) is 0 Å². The summed E-state index contributed by atoms with van der Waals surface area (Å²) in [4.78, 5) is 23.0. The van der Waals surface area contributed by atoms with Crippen LogP contribution >= 0.6 is 0 Å². The van der Waals surface area contributed by atoms with Gasteiger partial charge in [-0.05, 0) is 44.3 Å². The lowest BCUT2D eigenvalue weighted by molar-refractivity contribution is -0.142. The minimum atomic E-state index is -1.04. The van der Waals surface area contributed by atoms with Crippen LogP contribution in [0.3, 0.4) is 0 Å². The molecule has 0 aliphatic carbocycles. The van der Waals surface area contributed by atoms with E-state index >= 15 is 0 Å². The topological polar surface area (TPSA) is 66.4 Å². The average Bonchev–Trinajstić information content (AvgIpc) is 2.75. The highest BCUT2D eigenvalue weighted by molar-refractivity contribution is 6.12. The summed E-state index contributed by atoms with van der Waals surface area (Å²) in [5.74, 6) is -1.75. The van der Waals surface area contributed by atoms with Gasteiger partial charge < -0.3 is 10.4 Å². The predicted octanol–water partition coefficient (Wildman–Crippen LogP) is 5.35. The van der Waals surface area contributed by atoms with Crippen molar-refractivity contribution in [1.82, 2.24) is 5.32 Å². The second kappa shape index (κ2) is 7.99. The first-order valence-electron chi connectivity index (χ1n) is 9.96. The Kier molecular flexibility index (Phi) is 5.23. The standard InChI is InChI=1S/C26H23NO3/c1-16(25(26(29)30)27-17(2)28)18-11-13-19(14-12-18)24-22-9-5-3-7-20(22)15-21-8-4-6-10-23(21)24/h3-16,25H,1-2H3,(H,27,28)(H,29,30)/t16?,25-/m0/s1. The summed E-state index contributed by atoms with van der Waals surface area (Å²) in [7, 11) is 0. The van der Waals surface area contributed by atoms with Crippen molar-refractivity contribution in [3.8, 4) is 11.1 Å². The van der Waals surface area contributed by atoms with E-state index in [1.807, 2.05) is 55.5 Å². The van der Waals surface area contributed by atoms with Gasteiger partial charge in [-0.25, -0.2) is 4.79 Å². The van der Waals surface area contributed by atoms with E-state index in [0.29, 0.717) is 0 Å². The summed E-state index contributed by atoms with van der Waals surface area (Å²) < 4.78 is 0. The summed E-state index contributed by atoms with van der Waals surface area (Å²) in [6.45, 7) is 3.15. The monoisotopic (exact) mass is 397 g/mol. The average molecular weight is 397 g/mol. The summed E-state index contributed by atoms with van der Waals surface area (Å²) in [6.07, 6.45) is 0. The Labute approximate surface area is 175 Å². The lowest BCUT2D eigenvalue weighted by Gasteiger charge is -2.21. The first kappa shape index (κ1) is 19.6. The third-order valence-electron chi connectivity index (χ3n) is 5.62. The van der Waals surface area contributed by atoms with Crippen molar-refractivity contribution in [3.05, 3.63) is 84.4 Å². The van der Waals surface area contributed by atoms with Crippen molar-refractivity contribution in [2.75, 3.05) is 0 Å². The maximum absolute atomic E-state index is 11.6. The summed E-state index contributed by atoms with van der Waals surface area (Å²) in [5, 5.41) is 16.8. The fourth-order valence-electron chi connectivity index (χ4n) is 4.09. The van der Waals surface area contributed by atoms with Gasteiger partial charge in [0, 0.05) is 12.8 Å². The minimum Gasteiger partial charge on any atom is -0.480 e. The van der Waals surface area contributed by atoms with E-state index in [0.717, 1.165) is 11.1 Å². The van der Waals surface area contributed by atoms with Crippen LogP contribution in [0.2, 0.25) is 0 Å². The molecule has 4 nitrogen and oxygen atoms in total. The molecule has 4 rings (SSSR count). The molecule has 0 radical (unpaired) electrons. The molecule has 0 aliphatic heterocycles. The number of carbonyl (C=O) groups excluding carboxylic acids is 1. The molecule has 0 saturated carbocycles. The third-order valence-corrected chi connectivity index (χ3v) is 5.62. The molecule has 1 unspecified atom stereocenters. The Hall–Kier alpha value is -3.66. The second-order valence-electron chi connectivity index (χ2n) is 7.62. The fraction of sp³-hybridized carbons (Fsp3) is 0.154. The molecular weight excluding hydrogens is 374 g/mol. The maximum atomic E-state index is 11.6. The molecule has 150 valence electrons. The van der Waals surface area contributed by atoms with E-state index in [2.05, 4.69) is 35.6 Å². The maximum Gasteiger partial charge on any atom is 0.326 e. The number of aliphatic carboxylic acids is 1. The zero-order chi connectivity index (χ0) is 21.3. The number of amides is 1. The lowest BCUT2D eigenvalue weighted by atomic mass is 9.89. The number of carboxylic acids is 1. The summed E-state index contributed by atoms with van der Waals surface area (Å²) >= 11 is 0. The zero-order valence-electron chi connectivity index (χ0n) is 16.9. The fourth-order valence-corrected chi connectivity index (χ4v) is 4.09. The van der Waals surface area contributed by atoms with Gasteiger partial charge in [-0.3, -0.25) is 4.79 Å². The van der Waals surface area contributed by atoms with Crippen LogP contribution in [0.25, 0.3) is 32.7 Å². The first-order chi connectivity index (χ1) is 14.5. The molecule has 2 N–H and O–H groups in total. The van der Waals surface area contributed by atoms with Crippen LogP contribution < -0.4 is 5.32 Å². The van der Waals surface area contributed by atoms with Gasteiger partial charge in [0.05, 0.1) is 0 Å². The van der Waals surface area contributed by atoms with E-state index in [-0.39, 0.29) is 11.8 Å². The van der Waals surface area contributed by atoms with Crippen molar-refractivity contribution >= 4 is 33.4 Å². The molecule has 0 spiro atoms. The van der Waals surface area contributed by atoms with Gasteiger partial charge in [-0.15, -0.1) is 0 Å². The van der Waals surface area contributed by atoms with E-state index in [1.54, 1.807) is 0 Å². The van der Waals surface area contributed by atoms with Crippen LogP contribution in [0, 0.1) is 0 Å². The zero-order valence-corrected chi connectivity index (χ0v) is 16.9. The Morgan fingerprint density at radius 3 is 1.87 bits per heavy atom. The van der Waals surface area contributed by atoms with Gasteiger partial charge in [-0.1, -0.05) is 79.7 Å². The van der Waals surface area contributed by atoms with Crippen molar-refractivity contribution in [3.63, 3.8) is 0 Å². The minimum absolute atomic E-state index is 0.354. The van der Waals surface area contributed by atoms with Crippen molar-refractivity contribution in [2.45, 2.75) is 25.8 Å². The highest BCUT2D eigenvalue weighted by atomic mass is 16.4. The van der Waals surface area contributed by atoms with Crippen molar-refractivity contribution < 1.29 is 14.7 Å². The molecule has 0 saturated heterocycles. The van der Waals surface area contributed by atoms with E-state index in [1.165, 1.54) is 34.0 Å². The molecule has 4 aromatic carbocycles. The molecular formula is C26H23NO3. The number of rotatable bonds is 5. The molecule has 0 aliphatic rings. The van der Waals surface area contributed by atoms with Gasteiger partial charge in [-0.2, -0.15) is 0 Å². The largest absolute Gasteiger partial charge is 0.480 e. The predicted molar refractivity (Wildman–Crippen MR) is 121 cm³/mol. The number of hydrogen-bond acceptors (Lipinski definition) is 2. The molecule has 2 atom stereocenters. The van der Waals surface area contributed by atoms with Crippen LogP contribution in [0.4, 0.5) is 0 Å². The normalized spacial score (nSPS) is 13.1. The number of fused-ring (bicyclic) bond motifs is 2. The number of hydrogen-bond donors (Lipinski definition) is 2. The van der Waals surface area contributed by atoms with E-state index < -0.39 is 12.0 Å². The van der Waals surface area contributed by atoms with Gasteiger partial charge in [0.15, 0.2) is 0 Å². The molecule has 0 heterocycles. The molecule has 4 aromatic rings. The van der Waals surface area contributed by atoms with Crippen LogP contribution in [-0.2, 0) is 9.59 Å². The summed E-state index contributed by atoms with van der Waals surface area (Å²) in [6, 6.07) is 25.9. The van der Waals surface area contributed by atoms with Crippen LogP contribution in [0.5, 0.6) is 0 Å². The number of nitrogens with one attached hydrogen (secondary N) is 1. The highest BCUT2D eigenvalue weighted by Crippen LogP contribution is 2.37. The van der Waals surface area contributed by atoms with E-state index in [4.69, 9.17) is 0 Å². The Bertz CT molecular complexity index is 1190. The Morgan fingerprint density at radius 1 is 0.833 bits per heavy atom. The van der Waals surface area contributed by atoms with E-state index in [9.17, 15) is 14.7 Å². The Morgan fingerprint density at radius 2 is 1.37 bits per heavy atom. The summed E-state index contributed by atoms with van der Waals surface area (Å²) in [5.41, 5.74) is 3.11. The van der Waals surface area contributed by atoms with Gasteiger partial charge in [0.1, 0.15) is 6.04 Å². The molecule has 0 aromatic heterocycles.